The Kier molecular flexibility index (Phi) is 5.53. The number of hydrogen-bond donors (Lipinski definition) is 1. The number of carbonyl (C=O) groups excluding carboxylic acids is 3. The summed E-state index contributed by atoms with van der Waals surface area (Å²) in [4.78, 5) is 56.7. The number of amides is 4. The van der Waals surface area contributed by atoms with E-state index in [1.54, 1.807) is 19.9 Å². The summed E-state index contributed by atoms with van der Waals surface area (Å²) in [6.45, 7) is 5.69. The Morgan fingerprint density at radius 1 is 1.11 bits per heavy atom. The van der Waals surface area contributed by atoms with Crippen LogP contribution in [0.15, 0.2) is 36.4 Å². The molecule has 0 saturated carbocycles. The second-order valence-corrected chi connectivity index (χ2v) is 10.4. The monoisotopic (exact) mass is 521 g/mol. The molecule has 4 aliphatic rings. The molecule has 0 unspecified atom stereocenters. The van der Waals surface area contributed by atoms with E-state index in [1.807, 2.05) is 23.1 Å². The maximum absolute atomic E-state index is 14.1. The fraction of sp³-hybridized carbons (Fsp3) is 0.423. The molecule has 2 aromatic rings. The van der Waals surface area contributed by atoms with Crippen molar-refractivity contribution in [1.82, 2.24) is 15.1 Å². The first-order valence-electron chi connectivity index (χ1n) is 12.5. The number of non-ortho nitro benzene ring substituents is 1. The lowest BCUT2D eigenvalue weighted by Crippen LogP contribution is -2.75. The lowest BCUT2D eigenvalue weighted by atomic mass is 9.67. The van der Waals surface area contributed by atoms with Crippen molar-refractivity contribution >= 4 is 29.2 Å². The van der Waals surface area contributed by atoms with Crippen molar-refractivity contribution in [3.63, 3.8) is 0 Å². The van der Waals surface area contributed by atoms with Crippen LogP contribution in [0, 0.1) is 15.5 Å². The molecule has 2 atom stereocenters. The van der Waals surface area contributed by atoms with Crippen LogP contribution in [-0.2, 0) is 22.6 Å². The van der Waals surface area contributed by atoms with Gasteiger partial charge in [0.1, 0.15) is 0 Å². The number of urea groups is 1. The van der Waals surface area contributed by atoms with Gasteiger partial charge in [0.25, 0.3) is 5.69 Å². The molecule has 2 saturated heterocycles. The predicted molar refractivity (Wildman–Crippen MR) is 134 cm³/mol. The first-order chi connectivity index (χ1) is 18.2. The van der Waals surface area contributed by atoms with Crippen LogP contribution in [0.5, 0.6) is 11.5 Å². The smallest absolute Gasteiger partial charge is 0.331 e. The number of rotatable bonds is 4. The molecule has 2 fully saturated rings. The molecule has 6 rings (SSSR count). The molecule has 1 spiro atoms. The number of fused-ring (bicyclic) bond motifs is 5. The minimum Gasteiger partial charge on any atom is -0.454 e. The summed E-state index contributed by atoms with van der Waals surface area (Å²) in [5.41, 5.74) is 0.582. The van der Waals surface area contributed by atoms with Crippen molar-refractivity contribution in [3.8, 4) is 11.5 Å². The molecule has 0 bridgehead atoms. The van der Waals surface area contributed by atoms with Gasteiger partial charge in [0.15, 0.2) is 16.9 Å². The minimum atomic E-state index is -1.62. The van der Waals surface area contributed by atoms with Gasteiger partial charge in [0, 0.05) is 56.5 Å². The summed E-state index contributed by atoms with van der Waals surface area (Å²) in [6, 6.07) is 8.52. The fourth-order valence-corrected chi connectivity index (χ4v) is 6.11. The van der Waals surface area contributed by atoms with Gasteiger partial charge in [-0.1, -0.05) is 6.07 Å². The van der Waals surface area contributed by atoms with E-state index in [0.717, 1.165) is 16.2 Å². The largest absolute Gasteiger partial charge is 0.454 e. The van der Waals surface area contributed by atoms with Crippen molar-refractivity contribution in [3.05, 3.63) is 57.6 Å². The molecule has 12 nitrogen and oxygen atoms in total. The van der Waals surface area contributed by atoms with Crippen LogP contribution >= 0.6 is 0 Å². The Balaban J connectivity index is 1.40. The molecular weight excluding hydrogens is 494 g/mol. The number of ether oxygens (including phenoxy) is 2. The molecule has 0 aliphatic carbocycles. The summed E-state index contributed by atoms with van der Waals surface area (Å²) >= 11 is 0. The van der Waals surface area contributed by atoms with Gasteiger partial charge in [-0.2, -0.15) is 0 Å². The van der Waals surface area contributed by atoms with Gasteiger partial charge in [-0.3, -0.25) is 34.8 Å². The second-order valence-electron chi connectivity index (χ2n) is 10.4. The fourth-order valence-electron chi connectivity index (χ4n) is 6.11. The quantitative estimate of drug-likeness (QED) is 0.364. The van der Waals surface area contributed by atoms with E-state index >= 15 is 0 Å². The molecule has 4 amide bonds. The maximum atomic E-state index is 14.1. The highest BCUT2D eigenvalue weighted by Crippen LogP contribution is 2.47. The number of hydrogen-bond acceptors (Lipinski definition) is 9. The highest BCUT2D eigenvalue weighted by molar-refractivity contribution is 6.20. The average Bonchev–Trinajstić information content (AvgIpc) is 3.34. The molecule has 12 heteroatoms. The van der Waals surface area contributed by atoms with Crippen LogP contribution in [0.1, 0.15) is 25.0 Å². The van der Waals surface area contributed by atoms with Gasteiger partial charge >= 0.3 is 6.03 Å². The third kappa shape index (κ3) is 3.58. The molecule has 0 radical (unpaired) electrons. The minimum absolute atomic E-state index is 0.0375. The van der Waals surface area contributed by atoms with Crippen LogP contribution < -0.4 is 19.7 Å². The first kappa shape index (κ1) is 24.2. The number of nitrogens with zero attached hydrogens (tertiary/aromatic N) is 4. The van der Waals surface area contributed by atoms with Gasteiger partial charge in [-0.25, -0.2) is 4.79 Å². The number of benzene rings is 2. The third-order valence-corrected chi connectivity index (χ3v) is 7.89. The number of nitro benzene ring substituents is 1. The highest BCUT2D eigenvalue weighted by Gasteiger charge is 2.63. The van der Waals surface area contributed by atoms with E-state index in [0.29, 0.717) is 43.2 Å². The zero-order valence-corrected chi connectivity index (χ0v) is 21.0. The summed E-state index contributed by atoms with van der Waals surface area (Å²) in [5, 5.41) is 13.9. The number of carbonyl (C=O) groups is 3. The zero-order valence-electron chi connectivity index (χ0n) is 21.0. The van der Waals surface area contributed by atoms with E-state index in [-0.39, 0.29) is 18.9 Å². The lowest BCUT2D eigenvalue weighted by molar-refractivity contribution is -0.384. The van der Waals surface area contributed by atoms with Gasteiger partial charge in [0.05, 0.1) is 11.0 Å². The average molecular weight is 522 g/mol. The number of nitrogens with one attached hydrogen (secondary N) is 1. The Bertz CT molecular complexity index is 1380. The van der Waals surface area contributed by atoms with Crippen molar-refractivity contribution in [1.29, 1.82) is 0 Å². The molecular formula is C26H27N5O7. The molecule has 198 valence electrons. The van der Waals surface area contributed by atoms with Crippen molar-refractivity contribution in [2.24, 2.45) is 5.41 Å². The Labute approximate surface area is 218 Å². The predicted octanol–water partition coefficient (Wildman–Crippen LogP) is 2.04. The number of imide groups is 2. The Morgan fingerprint density at radius 3 is 2.66 bits per heavy atom. The zero-order chi connectivity index (χ0) is 26.8. The summed E-state index contributed by atoms with van der Waals surface area (Å²) < 4.78 is 10.9. The molecule has 0 aromatic heterocycles. The highest BCUT2D eigenvalue weighted by atomic mass is 16.7. The first-order valence-corrected chi connectivity index (χ1v) is 12.5. The summed E-state index contributed by atoms with van der Waals surface area (Å²) in [6.07, 6.45) is -0.0375. The van der Waals surface area contributed by atoms with E-state index in [9.17, 15) is 24.5 Å². The van der Waals surface area contributed by atoms with Crippen molar-refractivity contribution < 1.29 is 28.8 Å². The summed E-state index contributed by atoms with van der Waals surface area (Å²) in [5.74, 6) is 0.136. The van der Waals surface area contributed by atoms with E-state index in [4.69, 9.17) is 9.47 Å². The third-order valence-electron chi connectivity index (χ3n) is 7.89. The standard InChI is InChI=1S/C26H27N5O7/c1-15(2)30-24(33)26(23(32)27-25(30)34)11-17-10-18(31(35)36)4-5-19(17)29-8-7-28(13-22(26)29)12-16-3-6-20-21(9-16)38-14-37-20/h3-6,9-10,15,22H,7-8,11-14H2,1-2H3,(H,27,32,34)/t22-,26-/m1/s1. The molecule has 1 N–H and O–H groups in total. The van der Waals surface area contributed by atoms with Crippen LogP contribution in [0.25, 0.3) is 0 Å². The molecule has 4 aliphatic heterocycles. The summed E-state index contributed by atoms with van der Waals surface area (Å²) in [7, 11) is 0. The van der Waals surface area contributed by atoms with Gasteiger partial charge in [-0.15, -0.1) is 0 Å². The van der Waals surface area contributed by atoms with Gasteiger partial charge in [-0.05, 0) is 43.2 Å². The van der Waals surface area contributed by atoms with Gasteiger partial charge in [0.2, 0.25) is 18.6 Å². The number of piperazine rings is 1. The van der Waals surface area contributed by atoms with Crippen LogP contribution in [-0.4, -0.2) is 71.1 Å². The van der Waals surface area contributed by atoms with Crippen molar-refractivity contribution in [2.45, 2.75) is 38.9 Å². The maximum Gasteiger partial charge on any atom is 0.331 e. The van der Waals surface area contributed by atoms with Crippen LogP contribution in [0.2, 0.25) is 0 Å². The lowest BCUT2D eigenvalue weighted by Gasteiger charge is -2.55. The number of nitro groups is 1. The topological polar surface area (TPSA) is 135 Å². The Morgan fingerprint density at radius 2 is 1.89 bits per heavy atom. The van der Waals surface area contributed by atoms with E-state index < -0.39 is 40.3 Å². The second kappa shape index (κ2) is 8.69. The van der Waals surface area contributed by atoms with Crippen molar-refractivity contribution in [2.75, 3.05) is 31.3 Å². The molecule has 2 aromatic carbocycles. The van der Waals surface area contributed by atoms with Crippen LogP contribution in [0.3, 0.4) is 0 Å². The van der Waals surface area contributed by atoms with E-state index in [1.165, 1.54) is 12.1 Å². The molecule has 38 heavy (non-hydrogen) atoms. The van der Waals surface area contributed by atoms with E-state index in [2.05, 4.69) is 10.2 Å². The molecule has 4 heterocycles. The van der Waals surface area contributed by atoms with Gasteiger partial charge < -0.3 is 14.4 Å². The SMILES string of the molecule is CC(C)N1C(=O)NC(=O)[C@]2(Cc3cc([N+](=O)[O-])ccc3N3CCN(Cc4ccc5c(c4)OCO5)C[C@@H]32)C1=O. The van der Waals surface area contributed by atoms with Crippen LogP contribution in [0.4, 0.5) is 16.2 Å². The normalized spacial score (nSPS) is 24.5. The Hall–Kier alpha value is -4.19. The number of barbiturate groups is 1. The number of anilines is 1.